The maximum atomic E-state index is 12.1. The van der Waals surface area contributed by atoms with Crippen LogP contribution in [0, 0.1) is 6.92 Å². The summed E-state index contributed by atoms with van der Waals surface area (Å²) in [6, 6.07) is 14.7. The average molecular weight is 349 g/mol. The van der Waals surface area contributed by atoms with E-state index in [1.54, 1.807) is 24.3 Å². The lowest BCUT2D eigenvalue weighted by Crippen LogP contribution is -2.12. The monoisotopic (exact) mass is 349 g/mol. The number of aromatic nitrogens is 2. The molecule has 0 aliphatic carbocycles. The smallest absolute Gasteiger partial charge is 0.227 e. The number of rotatable bonds is 6. The van der Waals surface area contributed by atoms with Crippen LogP contribution in [0.1, 0.15) is 35.2 Å². The third-order valence-corrected chi connectivity index (χ3v) is 3.86. The number of Topliss-reactive ketones (excluding diaryl/α,β-unsaturated/α-hetero) is 1. The Hall–Kier alpha value is -3.28. The first-order chi connectivity index (χ1) is 12.5. The van der Waals surface area contributed by atoms with Crippen LogP contribution in [0.3, 0.4) is 0 Å². The highest BCUT2D eigenvalue weighted by Gasteiger charge is 2.11. The zero-order valence-electron chi connectivity index (χ0n) is 14.7. The Morgan fingerprint density at radius 3 is 2.69 bits per heavy atom. The fourth-order valence-corrected chi connectivity index (χ4v) is 2.52. The second kappa shape index (κ2) is 7.74. The van der Waals surface area contributed by atoms with Crippen LogP contribution in [0.25, 0.3) is 11.4 Å². The molecule has 6 nitrogen and oxygen atoms in total. The minimum atomic E-state index is -0.180. The zero-order chi connectivity index (χ0) is 18.5. The summed E-state index contributed by atoms with van der Waals surface area (Å²) in [4.78, 5) is 27.8. The predicted octanol–water partition coefficient (Wildman–Crippen LogP) is 3.82. The van der Waals surface area contributed by atoms with Crippen molar-refractivity contribution in [1.82, 2.24) is 10.1 Å². The van der Waals surface area contributed by atoms with Gasteiger partial charge in [0.1, 0.15) is 0 Å². The van der Waals surface area contributed by atoms with Gasteiger partial charge in [0.15, 0.2) is 5.78 Å². The van der Waals surface area contributed by atoms with E-state index in [4.69, 9.17) is 4.52 Å². The Balaban J connectivity index is 1.58. The summed E-state index contributed by atoms with van der Waals surface area (Å²) in [5, 5.41) is 6.74. The summed E-state index contributed by atoms with van der Waals surface area (Å²) < 4.78 is 5.22. The lowest BCUT2D eigenvalue weighted by molar-refractivity contribution is -0.116. The van der Waals surface area contributed by atoms with Gasteiger partial charge in [0.2, 0.25) is 17.6 Å². The second-order valence-corrected chi connectivity index (χ2v) is 6.07. The molecular weight excluding hydrogens is 330 g/mol. The summed E-state index contributed by atoms with van der Waals surface area (Å²) >= 11 is 0. The summed E-state index contributed by atoms with van der Waals surface area (Å²) in [6.45, 7) is 3.48. The number of hydrogen-bond donors (Lipinski definition) is 1. The van der Waals surface area contributed by atoms with E-state index in [9.17, 15) is 9.59 Å². The molecule has 132 valence electrons. The number of nitrogens with zero attached hydrogens (tertiary/aromatic N) is 2. The Morgan fingerprint density at radius 2 is 1.92 bits per heavy atom. The number of ketones is 1. The van der Waals surface area contributed by atoms with Crippen molar-refractivity contribution >= 4 is 17.4 Å². The van der Waals surface area contributed by atoms with Crippen LogP contribution in [0.4, 0.5) is 5.69 Å². The van der Waals surface area contributed by atoms with Crippen molar-refractivity contribution in [3.05, 3.63) is 65.5 Å². The molecule has 0 spiro atoms. The molecule has 3 rings (SSSR count). The van der Waals surface area contributed by atoms with Crippen molar-refractivity contribution < 1.29 is 14.1 Å². The molecule has 0 atom stereocenters. The first-order valence-electron chi connectivity index (χ1n) is 8.32. The van der Waals surface area contributed by atoms with E-state index in [0.717, 1.165) is 11.1 Å². The molecular formula is C20H19N3O3. The maximum Gasteiger partial charge on any atom is 0.227 e. The van der Waals surface area contributed by atoms with Crippen molar-refractivity contribution in [2.24, 2.45) is 0 Å². The molecule has 1 amide bonds. The lowest BCUT2D eigenvalue weighted by Gasteiger charge is -2.05. The molecule has 1 N–H and O–H groups in total. The topological polar surface area (TPSA) is 85.1 Å². The van der Waals surface area contributed by atoms with Crippen molar-refractivity contribution in [2.75, 3.05) is 5.32 Å². The van der Waals surface area contributed by atoms with Crippen molar-refractivity contribution in [2.45, 2.75) is 26.7 Å². The van der Waals surface area contributed by atoms with Crippen LogP contribution < -0.4 is 5.32 Å². The molecule has 1 aromatic heterocycles. The summed E-state index contributed by atoms with van der Waals surface area (Å²) in [7, 11) is 0. The molecule has 0 unspecified atom stereocenters. The van der Waals surface area contributed by atoms with Crippen LogP contribution in [-0.2, 0) is 11.2 Å². The van der Waals surface area contributed by atoms with Crippen molar-refractivity contribution in [3.63, 3.8) is 0 Å². The van der Waals surface area contributed by atoms with E-state index < -0.39 is 0 Å². The predicted molar refractivity (Wildman–Crippen MR) is 97.9 cm³/mol. The molecule has 6 heteroatoms. The Kier molecular flexibility index (Phi) is 5.22. The molecule has 0 aliphatic heterocycles. The Morgan fingerprint density at radius 1 is 1.12 bits per heavy atom. The Bertz CT molecular complexity index is 947. The highest BCUT2D eigenvalue weighted by molar-refractivity contribution is 5.97. The van der Waals surface area contributed by atoms with Crippen LogP contribution in [0.15, 0.2) is 53.1 Å². The number of carbonyl (C=O) groups is 2. The number of hydrogen-bond acceptors (Lipinski definition) is 5. The molecule has 0 radical (unpaired) electrons. The van der Waals surface area contributed by atoms with Crippen LogP contribution in [-0.4, -0.2) is 21.8 Å². The number of anilines is 1. The van der Waals surface area contributed by atoms with Gasteiger partial charge in [0, 0.05) is 29.7 Å². The molecule has 0 fully saturated rings. The number of amides is 1. The molecule has 3 aromatic rings. The first-order valence-corrected chi connectivity index (χ1v) is 8.32. The van der Waals surface area contributed by atoms with E-state index in [2.05, 4.69) is 15.5 Å². The van der Waals surface area contributed by atoms with Crippen LogP contribution in [0.2, 0.25) is 0 Å². The minimum absolute atomic E-state index is 0.0457. The molecule has 0 aliphatic rings. The van der Waals surface area contributed by atoms with Gasteiger partial charge >= 0.3 is 0 Å². The highest BCUT2D eigenvalue weighted by atomic mass is 16.5. The van der Waals surface area contributed by atoms with Crippen LogP contribution >= 0.6 is 0 Å². The summed E-state index contributed by atoms with van der Waals surface area (Å²) in [6.07, 6.45) is 0.552. The van der Waals surface area contributed by atoms with Gasteiger partial charge in [0.25, 0.3) is 0 Å². The van der Waals surface area contributed by atoms with E-state index in [0.29, 0.717) is 29.4 Å². The average Bonchev–Trinajstić information content (AvgIpc) is 3.09. The van der Waals surface area contributed by atoms with Crippen molar-refractivity contribution in [1.29, 1.82) is 0 Å². The number of nitrogens with one attached hydrogen (secondary N) is 1. The molecule has 2 aromatic carbocycles. The number of carbonyl (C=O) groups excluding carboxylic acids is 2. The SMILES string of the molecule is CC(=O)c1cccc(NC(=O)CCc2nc(-c3cccc(C)c3)no2)c1. The number of benzene rings is 2. The van der Waals surface area contributed by atoms with Gasteiger partial charge in [-0.1, -0.05) is 41.1 Å². The van der Waals surface area contributed by atoms with E-state index in [-0.39, 0.29) is 18.1 Å². The van der Waals surface area contributed by atoms with E-state index in [1.165, 1.54) is 6.92 Å². The second-order valence-electron chi connectivity index (χ2n) is 6.07. The van der Waals surface area contributed by atoms with Gasteiger partial charge in [0.05, 0.1) is 0 Å². The van der Waals surface area contributed by atoms with Gasteiger partial charge in [-0.15, -0.1) is 0 Å². The quantitative estimate of drug-likeness (QED) is 0.684. The van der Waals surface area contributed by atoms with E-state index >= 15 is 0 Å². The normalized spacial score (nSPS) is 10.5. The maximum absolute atomic E-state index is 12.1. The fraction of sp³-hybridized carbons (Fsp3) is 0.200. The van der Waals surface area contributed by atoms with Gasteiger partial charge in [-0.05, 0) is 32.0 Å². The third-order valence-electron chi connectivity index (χ3n) is 3.86. The van der Waals surface area contributed by atoms with Crippen LogP contribution in [0.5, 0.6) is 0 Å². The molecule has 1 heterocycles. The van der Waals surface area contributed by atoms with Gasteiger partial charge in [-0.25, -0.2) is 0 Å². The summed E-state index contributed by atoms with van der Waals surface area (Å²) in [5.74, 6) is 0.698. The fourth-order valence-electron chi connectivity index (χ4n) is 2.52. The van der Waals surface area contributed by atoms with E-state index in [1.807, 2.05) is 31.2 Å². The minimum Gasteiger partial charge on any atom is -0.339 e. The molecule has 0 bridgehead atoms. The van der Waals surface area contributed by atoms with Gasteiger partial charge in [-0.3, -0.25) is 9.59 Å². The van der Waals surface area contributed by atoms with Gasteiger partial charge < -0.3 is 9.84 Å². The lowest BCUT2D eigenvalue weighted by atomic mass is 10.1. The largest absolute Gasteiger partial charge is 0.339 e. The summed E-state index contributed by atoms with van der Waals surface area (Å²) in [5.41, 5.74) is 3.14. The zero-order valence-corrected chi connectivity index (χ0v) is 14.7. The molecule has 26 heavy (non-hydrogen) atoms. The van der Waals surface area contributed by atoms with Crippen molar-refractivity contribution in [3.8, 4) is 11.4 Å². The standard InChI is InChI=1S/C20H19N3O3/c1-13-5-3-7-16(11-13)20-22-19(26-23-20)10-9-18(25)21-17-8-4-6-15(12-17)14(2)24/h3-8,11-12H,9-10H2,1-2H3,(H,21,25). The molecule has 0 saturated heterocycles. The third kappa shape index (κ3) is 4.42. The molecule has 0 saturated carbocycles. The number of aryl methyl sites for hydroxylation is 2. The van der Waals surface area contributed by atoms with Gasteiger partial charge in [-0.2, -0.15) is 4.98 Å². The Labute approximate surface area is 151 Å². The highest BCUT2D eigenvalue weighted by Crippen LogP contribution is 2.17. The first kappa shape index (κ1) is 17.5.